The van der Waals surface area contributed by atoms with Crippen molar-refractivity contribution in [1.82, 2.24) is 0 Å². The molecule has 0 N–H and O–H groups in total. The Morgan fingerprint density at radius 1 is 0.528 bits per heavy atom. The van der Waals surface area contributed by atoms with Crippen LogP contribution in [0.25, 0.3) is 0 Å². The fourth-order valence-electron chi connectivity index (χ4n) is 4.40. The molecule has 8 heteroatoms. The maximum Gasteiger partial charge on any atom is 0.181 e. The molecule has 0 radical (unpaired) electrons. The zero-order valence-electron chi connectivity index (χ0n) is 19.2. The highest BCUT2D eigenvalue weighted by molar-refractivity contribution is 5.54. The first-order chi connectivity index (χ1) is 17.2. The zero-order valence-corrected chi connectivity index (χ0v) is 19.2. The van der Waals surface area contributed by atoms with Gasteiger partial charge in [0, 0.05) is 11.8 Å². The molecule has 3 aromatic carbocycles. The summed E-state index contributed by atoms with van der Waals surface area (Å²) in [6.07, 6.45) is 0. The average Bonchev–Trinajstić information content (AvgIpc) is 2.93. The van der Waals surface area contributed by atoms with Gasteiger partial charge in [-0.25, -0.2) is 17.6 Å². The number of hydrogen-bond acceptors (Lipinski definition) is 4. The second-order valence-electron chi connectivity index (χ2n) is 8.33. The van der Waals surface area contributed by atoms with Gasteiger partial charge in [-0.05, 0) is 11.1 Å². The van der Waals surface area contributed by atoms with Crippen LogP contribution in [0.4, 0.5) is 17.6 Å². The van der Waals surface area contributed by atoms with Crippen LogP contribution in [0, 0.1) is 68.6 Å². The molecule has 0 aliphatic rings. The first-order valence-corrected chi connectivity index (χ1v) is 10.8. The second kappa shape index (κ2) is 9.91. The van der Waals surface area contributed by atoms with E-state index in [0.29, 0.717) is 11.1 Å². The van der Waals surface area contributed by atoms with Crippen LogP contribution in [0.3, 0.4) is 0 Å². The maximum absolute atomic E-state index is 15.6. The number of benzene rings is 3. The summed E-state index contributed by atoms with van der Waals surface area (Å²) in [5, 5.41) is 39.6. The van der Waals surface area contributed by atoms with Crippen molar-refractivity contribution in [3.63, 3.8) is 0 Å². The van der Waals surface area contributed by atoms with Crippen LogP contribution in [-0.2, 0) is 10.8 Å². The van der Waals surface area contributed by atoms with Gasteiger partial charge in [0.2, 0.25) is 0 Å². The van der Waals surface area contributed by atoms with E-state index >= 15 is 17.6 Å². The highest BCUT2D eigenvalue weighted by Crippen LogP contribution is 2.46. The van der Waals surface area contributed by atoms with Crippen LogP contribution < -0.4 is 0 Å². The summed E-state index contributed by atoms with van der Waals surface area (Å²) in [6.45, 7) is 2.66. The van der Waals surface area contributed by atoms with Gasteiger partial charge in [-0.15, -0.1) is 0 Å². The van der Waals surface area contributed by atoms with Crippen molar-refractivity contribution in [2.75, 3.05) is 0 Å². The number of nitrogens with zero attached hydrogens (tertiary/aromatic N) is 4. The summed E-state index contributed by atoms with van der Waals surface area (Å²) in [6, 6.07) is 21.8. The van der Waals surface area contributed by atoms with Gasteiger partial charge in [-0.1, -0.05) is 74.5 Å². The van der Waals surface area contributed by atoms with E-state index in [9.17, 15) is 21.0 Å². The van der Waals surface area contributed by atoms with Crippen LogP contribution in [0.15, 0.2) is 60.7 Å². The van der Waals surface area contributed by atoms with Crippen LogP contribution in [0.2, 0.25) is 0 Å². The smallest absolute Gasteiger partial charge is 0.181 e. The van der Waals surface area contributed by atoms with Gasteiger partial charge in [-0.2, -0.15) is 21.0 Å². The van der Waals surface area contributed by atoms with Gasteiger partial charge < -0.3 is 0 Å². The minimum atomic E-state index is -2.66. The molecule has 0 aliphatic carbocycles. The third kappa shape index (κ3) is 3.74. The van der Waals surface area contributed by atoms with Gasteiger partial charge in [0.05, 0.1) is 35.4 Å². The predicted octanol–water partition coefficient (Wildman–Crippen LogP) is 6.42. The van der Waals surface area contributed by atoms with Crippen LogP contribution >= 0.6 is 0 Å². The summed E-state index contributed by atoms with van der Waals surface area (Å²) >= 11 is 0. The summed E-state index contributed by atoms with van der Waals surface area (Å²) in [4.78, 5) is 0. The van der Waals surface area contributed by atoms with E-state index in [-0.39, 0.29) is 0 Å². The van der Waals surface area contributed by atoms with Crippen molar-refractivity contribution in [3.8, 4) is 24.3 Å². The van der Waals surface area contributed by atoms with Gasteiger partial charge in [-0.3, -0.25) is 0 Å². The molecule has 0 aliphatic heterocycles. The molecule has 178 valence electrons. The molecule has 0 aromatic heterocycles. The molecule has 0 heterocycles. The summed E-state index contributed by atoms with van der Waals surface area (Å²) in [5.41, 5.74) is -7.51. The molecule has 36 heavy (non-hydrogen) atoms. The highest BCUT2D eigenvalue weighted by atomic mass is 19.2. The molecule has 0 amide bonds. The molecule has 0 saturated heterocycles. The van der Waals surface area contributed by atoms with E-state index in [2.05, 4.69) is 0 Å². The first kappa shape index (κ1) is 26.0. The third-order valence-electron chi connectivity index (χ3n) is 6.66. The molecule has 0 saturated carbocycles. The molecule has 2 unspecified atom stereocenters. The molecule has 2 atom stereocenters. The topological polar surface area (TPSA) is 95.2 Å². The lowest BCUT2D eigenvalue weighted by Gasteiger charge is -2.31. The second-order valence-corrected chi connectivity index (χ2v) is 8.33. The van der Waals surface area contributed by atoms with Crippen LogP contribution in [0.1, 0.15) is 47.9 Å². The molecular formula is C28H18F4N4. The average molecular weight is 486 g/mol. The molecule has 3 rings (SSSR count). The number of halogens is 4. The molecule has 3 aromatic rings. The fourth-order valence-corrected chi connectivity index (χ4v) is 4.40. The minimum absolute atomic E-state index is 0.324. The van der Waals surface area contributed by atoms with Gasteiger partial charge in [0.1, 0.15) is 0 Å². The van der Waals surface area contributed by atoms with E-state index in [0.717, 1.165) is 0 Å². The van der Waals surface area contributed by atoms with Gasteiger partial charge >= 0.3 is 0 Å². The van der Waals surface area contributed by atoms with Gasteiger partial charge in [0.15, 0.2) is 34.1 Å². The quantitative estimate of drug-likeness (QED) is 0.297. The Morgan fingerprint density at radius 2 is 0.778 bits per heavy atom. The molecule has 4 nitrogen and oxygen atoms in total. The maximum atomic E-state index is 15.6. The fraction of sp³-hybridized carbons (Fsp3) is 0.214. The summed E-state index contributed by atoms with van der Waals surface area (Å²) < 4.78 is 62.5. The lowest BCUT2D eigenvalue weighted by molar-refractivity contribution is 0.381. The van der Waals surface area contributed by atoms with E-state index in [1.807, 2.05) is 0 Å². The predicted molar refractivity (Wildman–Crippen MR) is 122 cm³/mol. The van der Waals surface area contributed by atoms with Crippen molar-refractivity contribution >= 4 is 0 Å². The Hall–Kier alpha value is -4.66. The molecule has 0 bridgehead atoms. The molecular weight excluding hydrogens is 468 g/mol. The van der Waals surface area contributed by atoms with Gasteiger partial charge in [0.25, 0.3) is 0 Å². The van der Waals surface area contributed by atoms with E-state index in [1.165, 1.54) is 38.1 Å². The van der Waals surface area contributed by atoms with Crippen molar-refractivity contribution in [2.45, 2.75) is 36.5 Å². The normalized spacial score (nSPS) is 12.9. The number of hydrogen-bond donors (Lipinski definition) is 0. The van der Waals surface area contributed by atoms with E-state index in [4.69, 9.17) is 0 Å². The van der Waals surface area contributed by atoms with Crippen LogP contribution in [0.5, 0.6) is 0 Å². The number of rotatable bonds is 6. The Kier molecular flexibility index (Phi) is 7.14. The Morgan fingerprint density at radius 3 is 1.00 bits per heavy atom. The lowest BCUT2D eigenvalue weighted by Crippen LogP contribution is -2.36. The highest BCUT2D eigenvalue weighted by Gasteiger charge is 2.51. The third-order valence-corrected chi connectivity index (χ3v) is 6.66. The van der Waals surface area contributed by atoms with Crippen LogP contribution in [-0.4, -0.2) is 0 Å². The minimum Gasteiger partial charge on any atom is -0.203 e. The SMILES string of the molecule is CC(c1ccccc1)C(C#N)(C#N)c1c(F)c(F)c(C(C#N)(C#N)C(C)c2ccccc2)c(F)c1F. The summed E-state index contributed by atoms with van der Waals surface area (Å²) in [5.74, 6) is -10.4. The Labute approximate surface area is 205 Å². The lowest BCUT2D eigenvalue weighted by atomic mass is 9.67. The van der Waals surface area contributed by atoms with Crippen molar-refractivity contribution in [2.24, 2.45) is 0 Å². The monoisotopic (exact) mass is 486 g/mol. The van der Waals surface area contributed by atoms with E-state index < -0.39 is 57.1 Å². The Balaban J connectivity index is 2.37. The first-order valence-electron chi connectivity index (χ1n) is 10.8. The molecule has 0 spiro atoms. The zero-order chi connectivity index (χ0) is 26.7. The van der Waals surface area contributed by atoms with Crippen molar-refractivity contribution in [1.29, 1.82) is 21.0 Å². The van der Waals surface area contributed by atoms with Crippen molar-refractivity contribution < 1.29 is 17.6 Å². The largest absolute Gasteiger partial charge is 0.203 e. The number of nitriles is 4. The summed E-state index contributed by atoms with van der Waals surface area (Å²) in [7, 11) is 0. The van der Waals surface area contributed by atoms with Crippen molar-refractivity contribution in [3.05, 3.63) is 106 Å². The van der Waals surface area contributed by atoms with E-state index in [1.54, 1.807) is 60.7 Å². The molecule has 0 fully saturated rings. The standard InChI is InChI=1S/C28H18F4N4/c1-17(19-9-5-3-6-10-19)27(13-33,14-34)21-23(29)25(31)22(26(32)24(21)30)28(15-35,16-36)18(2)20-11-7-4-8-12-20/h3-12,17-18H,1-2H3. The Bertz CT molecular complexity index is 1290.